The van der Waals surface area contributed by atoms with Crippen molar-refractivity contribution in [3.63, 3.8) is 0 Å². The summed E-state index contributed by atoms with van der Waals surface area (Å²) in [5.41, 5.74) is 2.14. The Kier molecular flexibility index (Phi) is 5.81. The van der Waals surface area contributed by atoms with Gasteiger partial charge in [0.2, 0.25) is 0 Å². The number of ether oxygens (including phenoxy) is 1. The lowest BCUT2D eigenvalue weighted by atomic mass is 9.93. The van der Waals surface area contributed by atoms with E-state index in [1.165, 1.54) is 6.07 Å². The number of rotatable bonds is 4. The quantitative estimate of drug-likeness (QED) is 0.844. The molecule has 2 aliphatic heterocycles. The Labute approximate surface area is 174 Å². The predicted octanol–water partition coefficient (Wildman–Crippen LogP) is 3.23. The number of amides is 3. The zero-order valence-electron chi connectivity index (χ0n) is 16.8. The molecule has 1 atom stereocenters. The van der Waals surface area contributed by atoms with Gasteiger partial charge in [0.05, 0.1) is 31.4 Å². The Morgan fingerprint density at radius 3 is 2.47 bits per heavy atom. The molecule has 0 spiro atoms. The lowest BCUT2D eigenvalue weighted by Crippen LogP contribution is -2.51. The van der Waals surface area contributed by atoms with E-state index in [9.17, 15) is 14.0 Å². The van der Waals surface area contributed by atoms with Crippen LogP contribution in [0.25, 0.3) is 0 Å². The highest BCUT2D eigenvalue weighted by atomic mass is 19.1. The molecule has 156 valence electrons. The molecule has 0 saturated carbocycles. The average Bonchev–Trinajstić information content (AvgIpc) is 2.77. The first-order valence-electron chi connectivity index (χ1n) is 10.0. The van der Waals surface area contributed by atoms with Crippen LogP contribution >= 0.6 is 0 Å². The van der Waals surface area contributed by atoms with Gasteiger partial charge in [-0.3, -0.25) is 9.69 Å². The van der Waals surface area contributed by atoms with Crippen LogP contribution in [0, 0.1) is 5.82 Å². The van der Waals surface area contributed by atoms with Gasteiger partial charge in [0.25, 0.3) is 5.91 Å². The second-order valence-electron chi connectivity index (χ2n) is 7.38. The van der Waals surface area contributed by atoms with Gasteiger partial charge in [-0.25, -0.2) is 9.18 Å². The topological polar surface area (TPSA) is 61.9 Å². The smallest absolute Gasteiger partial charge is 0.322 e. The molecule has 2 heterocycles. The number of halogens is 1. The van der Waals surface area contributed by atoms with Crippen LogP contribution in [-0.4, -0.2) is 48.0 Å². The van der Waals surface area contributed by atoms with E-state index in [1.807, 2.05) is 30.3 Å². The summed E-state index contributed by atoms with van der Waals surface area (Å²) in [6.45, 7) is 3.93. The summed E-state index contributed by atoms with van der Waals surface area (Å²) in [5.74, 6) is -0.665. The van der Waals surface area contributed by atoms with E-state index >= 15 is 0 Å². The SMILES string of the molecule is CC1=C(C(=O)N2CCOCC2)[C@@H](c2ccccc2F)NC(=O)N1Cc1ccccc1. The Morgan fingerprint density at radius 1 is 1.10 bits per heavy atom. The Balaban J connectivity index is 1.76. The van der Waals surface area contributed by atoms with Crippen LogP contribution < -0.4 is 5.32 Å². The third kappa shape index (κ3) is 3.93. The summed E-state index contributed by atoms with van der Waals surface area (Å²) < 4.78 is 20.0. The number of hydrogen-bond acceptors (Lipinski definition) is 3. The van der Waals surface area contributed by atoms with Gasteiger partial charge in [-0.1, -0.05) is 48.5 Å². The van der Waals surface area contributed by atoms with Gasteiger partial charge in [0, 0.05) is 24.4 Å². The van der Waals surface area contributed by atoms with Crippen LogP contribution in [0.5, 0.6) is 0 Å². The number of carbonyl (C=O) groups is 2. The normalized spacial score (nSPS) is 19.7. The highest BCUT2D eigenvalue weighted by Crippen LogP contribution is 2.33. The molecule has 3 amide bonds. The van der Waals surface area contributed by atoms with Gasteiger partial charge in [0.15, 0.2) is 0 Å². The molecule has 2 aromatic carbocycles. The van der Waals surface area contributed by atoms with Crippen LogP contribution in [0.15, 0.2) is 65.9 Å². The average molecular weight is 409 g/mol. The van der Waals surface area contributed by atoms with Crippen molar-refractivity contribution < 1.29 is 18.7 Å². The maximum atomic E-state index is 14.6. The highest BCUT2D eigenvalue weighted by Gasteiger charge is 2.38. The van der Waals surface area contributed by atoms with Crippen LogP contribution in [0.3, 0.4) is 0 Å². The van der Waals surface area contributed by atoms with Crippen molar-refractivity contribution in [2.24, 2.45) is 0 Å². The molecule has 2 aliphatic rings. The monoisotopic (exact) mass is 409 g/mol. The first kappa shape index (κ1) is 20.1. The first-order valence-corrected chi connectivity index (χ1v) is 10.0. The molecule has 30 heavy (non-hydrogen) atoms. The first-order chi connectivity index (χ1) is 14.6. The molecule has 1 saturated heterocycles. The van der Waals surface area contributed by atoms with Gasteiger partial charge in [-0.15, -0.1) is 0 Å². The lowest BCUT2D eigenvalue weighted by molar-refractivity contribution is -0.131. The number of nitrogens with zero attached hydrogens (tertiary/aromatic N) is 2. The molecule has 0 radical (unpaired) electrons. The Hall–Kier alpha value is -3.19. The summed E-state index contributed by atoms with van der Waals surface area (Å²) in [7, 11) is 0. The van der Waals surface area contributed by atoms with E-state index in [0.717, 1.165) is 5.56 Å². The molecular formula is C23H24FN3O3. The zero-order valence-corrected chi connectivity index (χ0v) is 16.8. The minimum absolute atomic E-state index is 0.206. The van der Waals surface area contributed by atoms with Gasteiger partial charge < -0.3 is 15.0 Å². The van der Waals surface area contributed by atoms with Crippen molar-refractivity contribution in [3.8, 4) is 0 Å². The molecule has 7 heteroatoms. The van der Waals surface area contributed by atoms with Crippen LogP contribution in [-0.2, 0) is 16.1 Å². The molecule has 6 nitrogen and oxygen atoms in total. The van der Waals surface area contributed by atoms with Gasteiger partial charge in [-0.05, 0) is 18.6 Å². The number of allylic oxidation sites excluding steroid dienone is 1. The summed E-state index contributed by atoms with van der Waals surface area (Å²) >= 11 is 0. The fourth-order valence-corrected chi connectivity index (χ4v) is 3.89. The van der Waals surface area contributed by atoms with Crippen molar-refractivity contribution in [2.45, 2.75) is 19.5 Å². The molecule has 0 unspecified atom stereocenters. The van der Waals surface area contributed by atoms with Gasteiger partial charge in [0.1, 0.15) is 5.82 Å². The minimum Gasteiger partial charge on any atom is -0.378 e. The highest BCUT2D eigenvalue weighted by molar-refractivity contribution is 5.98. The molecule has 0 aromatic heterocycles. The Bertz CT molecular complexity index is 971. The van der Waals surface area contributed by atoms with E-state index in [0.29, 0.717) is 44.1 Å². The van der Waals surface area contributed by atoms with Crippen LogP contribution in [0.1, 0.15) is 24.1 Å². The number of morpholine rings is 1. The summed E-state index contributed by atoms with van der Waals surface area (Å²) in [6.07, 6.45) is 0. The minimum atomic E-state index is -0.846. The number of urea groups is 1. The molecule has 1 N–H and O–H groups in total. The van der Waals surface area contributed by atoms with Crippen molar-refractivity contribution in [3.05, 3.63) is 82.8 Å². The van der Waals surface area contributed by atoms with E-state index < -0.39 is 11.9 Å². The third-order valence-corrected chi connectivity index (χ3v) is 5.52. The summed E-state index contributed by atoms with van der Waals surface area (Å²) in [6, 6.07) is 14.6. The third-order valence-electron chi connectivity index (χ3n) is 5.52. The standard InChI is InChI=1S/C23H24FN3O3/c1-16-20(22(28)26-11-13-30-14-12-26)21(18-9-5-6-10-19(18)24)25-23(29)27(16)15-17-7-3-2-4-8-17/h2-10,21H,11-15H2,1H3,(H,25,29)/t21-/m1/s1. The summed E-state index contributed by atoms with van der Waals surface area (Å²) in [4.78, 5) is 29.7. The van der Waals surface area contributed by atoms with E-state index in [2.05, 4.69) is 5.32 Å². The van der Waals surface area contributed by atoms with E-state index in [4.69, 9.17) is 4.74 Å². The molecule has 0 aliphatic carbocycles. The van der Waals surface area contributed by atoms with Crippen molar-refractivity contribution in [2.75, 3.05) is 26.3 Å². The second kappa shape index (κ2) is 8.67. The van der Waals surface area contributed by atoms with Crippen molar-refractivity contribution in [1.82, 2.24) is 15.1 Å². The number of benzene rings is 2. The molecule has 4 rings (SSSR count). The largest absolute Gasteiger partial charge is 0.378 e. The lowest BCUT2D eigenvalue weighted by Gasteiger charge is -2.38. The Morgan fingerprint density at radius 2 is 1.77 bits per heavy atom. The number of nitrogens with one attached hydrogen (secondary N) is 1. The second-order valence-corrected chi connectivity index (χ2v) is 7.38. The molecule has 2 aromatic rings. The number of carbonyl (C=O) groups excluding carboxylic acids is 2. The predicted molar refractivity (Wildman–Crippen MR) is 110 cm³/mol. The fraction of sp³-hybridized carbons (Fsp3) is 0.304. The van der Waals surface area contributed by atoms with Gasteiger partial charge in [-0.2, -0.15) is 0 Å². The molecular weight excluding hydrogens is 385 g/mol. The molecule has 1 fully saturated rings. The molecule has 0 bridgehead atoms. The number of hydrogen-bond donors (Lipinski definition) is 1. The summed E-state index contributed by atoms with van der Waals surface area (Å²) in [5, 5.41) is 2.85. The maximum absolute atomic E-state index is 14.6. The zero-order chi connectivity index (χ0) is 21.1. The van der Waals surface area contributed by atoms with Crippen molar-refractivity contribution in [1.29, 1.82) is 0 Å². The fourth-order valence-electron chi connectivity index (χ4n) is 3.89. The van der Waals surface area contributed by atoms with Gasteiger partial charge >= 0.3 is 6.03 Å². The van der Waals surface area contributed by atoms with Crippen LogP contribution in [0.4, 0.5) is 9.18 Å². The van der Waals surface area contributed by atoms with Crippen LogP contribution in [0.2, 0.25) is 0 Å². The van der Waals surface area contributed by atoms with Crippen molar-refractivity contribution >= 4 is 11.9 Å². The van der Waals surface area contributed by atoms with E-state index in [1.54, 1.807) is 34.9 Å². The van der Waals surface area contributed by atoms with E-state index in [-0.39, 0.29) is 17.5 Å². The maximum Gasteiger partial charge on any atom is 0.322 e.